The molecule has 0 fully saturated rings. The van der Waals surface area contributed by atoms with Gasteiger partial charge in [0, 0.05) is 9.26 Å². The molecule has 7 heteroatoms. The Bertz CT molecular complexity index is 727. The van der Waals surface area contributed by atoms with Crippen LogP contribution in [0.4, 0.5) is 17.5 Å². The van der Waals surface area contributed by atoms with E-state index in [1.165, 1.54) is 0 Å². The van der Waals surface area contributed by atoms with Gasteiger partial charge in [-0.05, 0) is 52.2 Å². The molecule has 1 aromatic carbocycles. The second-order valence-electron chi connectivity index (χ2n) is 3.81. The molecule has 0 aliphatic heterocycles. The number of rotatable bonds is 3. The number of anilines is 3. The van der Waals surface area contributed by atoms with Gasteiger partial charge in [0.15, 0.2) is 0 Å². The number of hydrazine groups is 1. The fraction of sp³-hybridized carbons (Fsp3) is 0. The van der Waals surface area contributed by atoms with Crippen molar-refractivity contribution in [2.75, 3.05) is 10.7 Å². The molecule has 0 aliphatic carbocycles. The standard InChI is InChI=1S/C12H10IN5S/c13-7-2-1-3-8(6-7)15-10-9-4-5-19-11(9)17-12(16-10)18-14/h1-6H,14H2,(H2,15,16,17,18). The van der Waals surface area contributed by atoms with E-state index in [0.29, 0.717) is 5.95 Å². The van der Waals surface area contributed by atoms with E-state index in [0.717, 1.165) is 25.3 Å². The minimum absolute atomic E-state index is 0.406. The molecule has 0 radical (unpaired) electrons. The lowest BCUT2D eigenvalue weighted by Crippen LogP contribution is -2.11. The van der Waals surface area contributed by atoms with E-state index >= 15 is 0 Å². The van der Waals surface area contributed by atoms with E-state index in [1.54, 1.807) is 11.3 Å². The minimum atomic E-state index is 0.406. The first-order valence-electron chi connectivity index (χ1n) is 5.51. The number of hydrogen-bond donors (Lipinski definition) is 3. The molecule has 96 valence electrons. The molecular formula is C12H10IN5S. The highest BCUT2D eigenvalue weighted by molar-refractivity contribution is 14.1. The lowest BCUT2D eigenvalue weighted by molar-refractivity contribution is 1.16. The third-order valence-corrected chi connectivity index (χ3v) is 4.02. The van der Waals surface area contributed by atoms with Crippen molar-refractivity contribution in [3.05, 3.63) is 39.3 Å². The molecular weight excluding hydrogens is 373 g/mol. The molecule has 0 aliphatic rings. The van der Waals surface area contributed by atoms with Crippen LogP contribution in [0.5, 0.6) is 0 Å². The zero-order valence-corrected chi connectivity index (χ0v) is 12.7. The molecule has 0 saturated carbocycles. The fourth-order valence-corrected chi connectivity index (χ4v) is 3.03. The van der Waals surface area contributed by atoms with Crippen molar-refractivity contribution in [1.29, 1.82) is 0 Å². The highest BCUT2D eigenvalue weighted by Crippen LogP contribution is 2.28. The van der Waals surface area contributed by atoms with Crippen LogP contribution in [0.2, 0.25) is 0 Å². The first-order chi connectivity index (χ1) is 9.26. The van der Waals surface area contributed by atoms with Crippen LogP contribution in [0.3, 0.4) is 0 Å². The van der Waals surface area contributed by atoms with Crippen molar-refractivity contribution in [1.82, 2.24) is 9.97 Å². The number of nitrogen functional groups attached to an aromatic ring is 1. The van der Waals surface area contributed by atoms with Gasteiger partial charge in [-0.25, -0.2) is 10.8 Å². The van der Waals surface area contributed by atoms with Crippen LogP contribution in [-0.4, -0.2) is 9.97 Å². The summed E-state index contributed by atoms with van der Waals surface area (Å²) in [5, 5.41) is 6.28. The van der Waals surface area contributed by atoms with Gasteiger partial charge in [-0.2, -0.15) is 4.98 Å². The summed E-state index contributed by atoms with van der Waals surface area (Å²) in [4.78, 5) is 9.56. The summed E-state index contributed by atoms with van der Waals surface area (Å²) < 4.78 is 1.16. The van der Waals surface area contributed by atoms with E-state index in [9.17, 15) is 0 Å². The lowest BCUT2D eigenvalue weighted by Gasteiger charge is -2.08. The van der Waals surface area contributed by atoms with Crippen molar-refractivity contribution in [2.24, 2.45) is 5.84 Å². The Morgan fingerprint density at radius 1 is 1.21 bits per heavy atom. The quantitative estimate of drug-likeness (QED) is 0.368. The lowest BCUT2D eigenvalue weighted by atomic mass is 10.3. The molecule has 2 heterocycles. The van der Waals surface area contributed by atoms with Crippen molar-refractivity contribution < 1.29 is 0 Å². The number of benzene rings is 1. The highest BCUT2D eigenvalue weighted by atomic mass is 127. The molecule has 0 spiro atoms. The van der Waals surface area contributed by atoms with Gasteiger partial charge in [0.05, 0.1) is 5.39 Å². The van der Waals surface area contributed by atoms with Crippen LogP contribution >= 0.6 is 33.9 Å². The van der Waals surface area contributed by atoms with Crippen molar-refractivity contribution in [2.45, 2.75) is 0 Å². The molecule has 4 N–H and O–H groups in total. The SMILES string of the molecule is NNc1nc(Nc2cccc(I)c2)c2ccsc2n1. The third kappa shape index (κ3) is 2.62. The van der Waals surface area contributed by atoms with Crippen molar-refractivity contribution in [3.8, 4) is 0 Å². The van der Waals surface area contributed by atoms with Gasteiger partial charge < -0.3 is 5.32 Å². The topological polar surface area (TPSA) is 75.9 Å². The Morgan fingerprint density at radius 2 is 2.11 bits per heavy atom. The van der Waals surface area contributed by atoms with E-state index in [1.807, 2.05) is 29.6 Å². The maximum Gasteiger partial charge on any atom is 0.240 e. The van der Waals surface area contributed by atoms with Gasteiger partial charge in [0.25, 0.3) is 0 Å². The fourth-order valence-electron chi connectivity index (χ4n) is 1.72. The maximum atomic E-state index is 5.40. The molecule has 5 nitrogen and oxygen atoms in total. The molecule has 0 atom stereocenters. The van der Waals surface area contributed by atoms with Gasteiger partial charge in [-0.15, -0.1) is 11.3 Å². The summed E-state index contributed by atoms with van der Waals surface area (Å²) >= 11 is 3.83. The van der Waals surface area contributed by atoms with Gasteiger partial charge in [0.1, 0.15) is 10.6 Å². The molecule has 3 rings (SSSR count). The maximum absolute atomic E-state index is 5.40. The average Bonchev–Trinajstić information content (AvgIpc) is 2.87. The van der Waals surface area contributed by atoms with Gasteiger partial charge in [-0.1, -0.05) is 6.07 Å². The van der Waals surface area contributed by atoms with Crippen molar-refractivity contribution >= 4 is 61.6 Å². The van der Waals surface area contributed by atoms with Gasteiger partial charge >= 0.3 is 0 Å². The highest BCUT2D eigenvalue weighted by Gasteiger charge is 2.08. The van der Waals surface area contributed by atoms with Gasteiger partial charge in [0.2, 0.25) is 5.95 Å². The van der Waals surface area contributed by atoms with Crippen LogP contribution in [0.25, 0.3) is 10.2 Å². The Kier molecular flexibility index (Phi) is 3.49. The van der Waals surface area contributed by atoms with Crippen LogP contribution in [0.1, 0.15) is 0 Å². The monoisotopic (exact) mass is 383 g/mol. The summed E-state index contributed by atoms with van der Waals surface area (Å²) in [7, 11) is 0. The second kappa shape index (κ2) is 5.27. The number of nitrogens with one attached hydrogen (secondary N) is 2. The number of aromatic nitrogens is 2. The second-order valence-corrected chi connectivity index (χ2v) is 5.96. The molecule has 0 amide bonds. The molecule has 19 heavy (non-hydrogen) atoms. The molecule has 3 aromatic rings. The molecule has 0 unspecified atom stereocenters. The normalized spacial score (nSPS) is 10.6. The largest absolute Gasteiger partial charge is 0.339 e. The summed E-state index contributed by atoms with van der Waals surface area (Å²) in [6, 6.07) is 10.1. The predicted octanol–water partition coefficient (Wildman–Crippen LogP) is 3.33. The number of nitrogens with two attached hydrogens (primary N) is 1. The molecule has 2 aromatic heterocycles. The number of nitrogens with zero attached hydrogens (tertiary/aromatic N) is 2. The summed E-state index contributed by atoms with van der Waals surface area (Å²) in [5.74, 6) is 6.55. The van der Waals surface area contributed by atoms with Crippen LogP contribution < -0.4 is 16.6 Å². The van der Waals surface area contributed by atoms with E-state index in [4.69, 9.17) is 5.84 Å². The Balaban J connectivity index is 2.06. The molecule has 0 bridgehead atoms. The number of hydrogen-bond acceptors (Lipinski definition) is 6. The van der Waals surface area contributed by atoms with E-state index in [-0.39, 0.29) is 0 Å². The van der Waals surface area contributed by atoms with Gasteiger partial charge in [-0.3, -0.25) is 5.43 Å². The summed E-state index contributed by atoms with van der Waals surface area (Å²) in [6.07, 6.45) is 0. The van der Waals surface area contributed by atoms with Crippen molar-refractivity contribution in [3.63, 3.8) is 0 Å². The Hall–Kier alpha value is -1.45. The number of fused-ring (bicyclic) bond motifs is 1. The summed E-state index contributed by atoms with van der Waals surface area (Å²) in [5.41, 5.74) is 3.48. The van der Waals surface area contributed by atoms with Crippen LogP contribution in [0.15, 0.2) is 35.7 Å². The Morgan fingerprint density at radius 3 is 2.89 bits per heavy atom. The summed E-state index contributed by atoms with van der Waals surface area (Å²) in [6.45, 7) is 0. The number of halogens is 1. The Labute approximate surface area is 127 Å². The van der Waals surface area contributed by atoms with Crippen LogP contribution in [0, 0.1) is 3.57 Å². The first kappa shape index (κ1) is 12.6. The predicted molar refractivity (Wildman–Crippen MR) is 87.7 cm³/mol. The zero-order valence-electron chi connectivity index (χ0n) is 9.72. The number of thiophene rings is 1. The average molecular weight is 383 g/mol. The van der Waals surface area contributed by atoms with E-state index < -0.39 is 0 Å². The zero-order chi connectivity index (χ0) is 13.2. The third-order valence-electron chi connectivity index (χ3n) is 2.54. The molecule has 0 saturated heterocycles. The first-order valence-corrected chi connectivity index (χ1v) is 7.46. The van der Waals surface area contributed by atoms with Crippen LogP contribution in [-0.2, 0) is 0 Å². The van der Waals surface area contributed by atoms with E-state index in [2.05, 4.69) is 49.4 Å². The minimum Gasteiger partial charge on any atom is -0.339 e. The smallest absolute Gasteiger partial charge is 0.240 e.